The molecule has 0 aromatic rings. The van der Waals surface area contributed by atoms with Crippen molar-refractivity contribution in [3.63, 3.8) is 0 Å². The number of halogens is 2. The third-order valence-electron chi connectivity index (χ3n) is 2.01. The molecule has 0 spiro atoms. The summed E-state index contributed by atoms with van der Waals surface area (Å²) in [6.45, 7) is 5.01. The number of hydrogen-bond donors (Lipinski definition) is 1. The van der Waals surface area contributed by atoms with Crippen molar-refractivity contribution in [2.45, 2.75) is 39.2 Å². The lowest BCUT2D eigenvalue weighted by Gasteiger charge is -2.33. The molecule has 0 aromatic carbocycles. The molecule has 0 unspecified atom stereocenters. The Morgan fingerprint density at radius 2 is 1.50 bits per heavy atom. The van der Waals surface area contributed by atoms with Gasteiger partial charge in [0, 0.05) is 6.92 Å². The van der Waals surface area contributed by atoms with E-state index in [0.29, 0.717) is 0 Å². The Bertz CT molecular complexity index is 113. The van der Waals surface area contributed by atoms with E-state index < -0.39 is 17.4 Å². The molecule has 62 valence electrons. The number of hydrogen-bond acceptors (Lipinski definition) is 1. The van der Waals surface area contributed by atoms with Crippen LogP contribution in [-0.4, -0.2) is 16.6 Å². The first-order valence-electron chi connectivity index (χ1n) is 3.29. The van der Waals surface area contributed by atoms with Crippen LogP contribution in [0.5, 0.6) is 0 Å². The van der Waals surface area contributed by atoms with Crippen molar-refractivity contribution in [2.75, 3.05) is 0 Å². The molecule has 0 bridgehead atoms. The number of rotatable bonds is 2. The van der Waals surface area contributed by atoms with Crippen LogP contribution < -0.4 is 0 Å². The monoisotopic (exact) mass is 152 g/mol. The van der Waals surface area contributed by atoms with Crippen molar-refractivity contribution in [1.82, 2.24) is 0 Å². The Kier molecular flexibility index (Phi) is 2.41. The second-order valence-corrected chi connectivity index (χ2v) is 3.19. The van der Waals surface area contributed by atoms with Crippen molar-refractivity contribution in [2.24, 2.45) is 5.92 Å². The quantitative estimate of drug-likeness (QED) is 0.642. The molecule has 1 N–H and O–H groups in total. The topological polar surface area (TPSA) is 20.2 Å². The van der Waals surface area contributed by atoms with Crippen molar-refractivity contribution < 1.29 is 13.9 Å². The van der Waals surface area contributed by atoms with Crippen LogP contribution in [0.1, 0.15) is 27.7 Å². The molecule has 0 aliphatic heterocycles. The largest absolute Gasteiger partial charge is 0.384 e. The van der Waals surface area contributed by atoms with Gasteiger partial charge in [-0.15, -0.1) is 0 Å². The van der Waals surface area contributed by atoms with E-state index >= 15 is 0 Å². The average molecular weight is 152 g/mol. The van der Waals surface area contributed by atoms with Crippen LogP contribution in [0.25, 0.3) is 0 Å². The molecule has 1 atom stereocenters. The summed E-state index contributed by atoms with van der Waals surface area (Å²) in [6, 6.07) is 0. The SMILES string of the molecule is CC(C)[C@](C)(O)C(C)(F)F. The first kappa shape index (κ1) is 9.82. The maximum Gasteiger partial charge on any atom is 0.273 e. The lowest BCUT2D eigenvalue weighted by Crippen LogP contribution is -2.47. The second kappa shape index (κ2) is 2.46. The van der Waals surface area contributed by atoms with E-state index in [2.05, 4.69) is 0 Å². The first-order valence-corrected chi connectivity index (χ1v) is 3.29. The molecule has 0 fully saturated rings. The summed E-state index contributed by atoms with van der Waals surface area (Å²) in [6.07, 6.45) is 0. The van der Waals surface area contributed by atoms with Gasteiger partial charge in [0.25, 0.3) is 5.92 Å². The lowest BCUT2D eigenvalue weighted by atomic mass is 9.87. The zero-order valence-corrected chi connectivity index (χ0v) is 6.78. The van der Waals surface area contributed by atoms with Gasteiger partial charge >= 0.3 is 0 Å². The molecule has 0 amide bonds. The Labute approximate surface area is 60.1 Å². The van der Waals surface area contributed by atoms with Crippen LogP contribution in [0.3, 0.4) is 0 Å². The van der Waals surface area contributed by atoms with Crippen LogP contribution >= 0.6 is 0 Å². The Hall–Kier alpha value is -0.180. The zero-order valence-electron chi connectivity index (χ0n) is 6.78. The molecule has 1 nitrogen and oxygen atoms in total. The van der Waals surface area contributed by atoms with E-state index in [1.54, 1.807) is 13.8 Å². The highest BCUT2D eigenvalue weighted by atomic mass is 19.3. The van der Waals surface area contributed by atoms with Crippen molar-refractivity contribution in [1.29, 1.82) is 0 Å². The predicted molar refractivity (Wildman–Crippen MR) is 36.1 cm³/mol. The van der Waals surface area contributed by atoms with E-state index in [0.717, 1.165) is 13.8 Å². The number of aliphatic hydroxyl groups is 1. The highest BCUT2D eigenvalue weighted by molar-refractivity contribution is 4.88. The molecule has 0 heterocycles. The molecule has 0 radical (unpaired) electrons. The average Bonchev–Trinajstić information content (AvgIpc) is 1.62. The standard InChI is InChI=1S/C7H14F2O/c1-5(2)6(3,10)7(4,8)9/h5,10H,1-4H3/t6-/m0/s1. The van der Waals surface area contributed by atoms with Gasteiger partial charge in [0.15, 0.2) is 0 Å². The summed E-state index contributed by atoms with van der Waals surface area (Å²) < 4.78 is 25.0. The van der Waals surface area contributed by atoms with Crippen LogP contribution in [0.2, 0.25) is 0 Å². The summed E-state index contributed by atoms with van der Waals surface area (Å²) >= 11 is 0. The Morgan fingerprint density at radius 1 is 1.20 bits per heavy atom. The molecule has 3 heteroatoms. The van der Waals surface area contributed by atoms with Gasteiger partial charge in [-0.05, 0) is 12.8 Å². The minimum atomic E-state index is -3.03. The Balaban J connectivity index is 4.40. The molecular formula is C7H14F2O. The second-order valence-electron chi connectivity index (χ2n) is 3.19. The molecule has 0 aliphatic carbocycles. The fourth-order valence-electron chi connectivity index (χ4n) is 0.507. The minimum Gasteiger partial charge on any atom is -0.384 e. The van der Waals surface area contributed by atoms with Gasteiger partial charge in [0.2, 0.25) is 0 Å². The summed E-state index contributed by atoms with van der Waals surface area (Å²) in [5.74, 6) is -3.46. The van der Waals surface area contributed by atoms with E-state index in [1.807, 2.05) is 0 Å². The van der Waals surface area contributed by atoms with Gasteiger partial charge in [-0.25, -0.2) is 8.78 Å². The number of alkyl halides is 2. The van der Waals surface area contributed by atoms with Crippen LogP contribution in [-0.2, 0) is 0 Å². The highest BCUT2D eigenvalue weighted by Crippen LogP contribution is 2.33. The van der Waals surface area contributed by atoms with Crippen LogP contribution in [0.15, 0.2) is 0 Å². The van der Waals surface area contributed by atoms with Gasteiger partial charge in [-0.1, -0.05) is 13.8 Å². The highest BCUT2D eigenvalue weighted by Gasteiger charge is 2.46. The Morgan fingerprint density at radius 3 is 1.50 bits per heavy atom. The molecule has 0 aliphatic rings. The summed E-state index contributed by atoms with van der Waals surface area (Å²) in [5, 5.41) is 9.18. The predicted octanol–water partition coefficient (Wildman–Crippen LogP) is 2.05. The fourth-order valence-corrected chi connectivity index (χ4v) is 0.507. The van der Waals surface area contributed by atoms with Crippen molar-refractivity contribution in [3.05, 3.63) is 0 Å². The van der Waals surface area contributed by atoms with E-state index in [9.17, 15) is 13.9 Å². The summed E-state index contributed by atoms with van der Waals surface area (Å²) in [4.78, 5) is 0. The molecule has 0 saturated carbocycles. The molecule has 10 heavy (non-hydrogen) atoms. The summed E-state index contributed by atoms with van der Waals surface area (Å²) in [5.41, 5.74) is -1.90. The van der Waals surface area contributed by atoms with E-state index in [1.165, 1.54) is 0 Å². The fraction of sp³-hybridized carbons (Fsp3) is 1.00. The lowest BCUT2D eigenvalue weighted by molar-refractivity contribution is -0.181. The van der Waals surface area contributed by atoms with Gasteiger partial charge in [0.1, 0.15) is 5.60 Å². The van der Waals surface area contributed by atoms with Crippen molar-refractivity contribution >= 4 is 0 Å². The van der Waals surface area contributed by atoms with Crippen molar-refractivity contribution in [3.8, 4) is 0 Å². The minimum absolute atomic E-state index is 0.438. The first-order chi connectivity index (χ1) is 4.19. The maximum absolute atomic E-state index is 12.5. The van der Waals surface area contributed by atoms with Crippen LogP contribution in [0, 0.1) is 5.92 Å². The van der Waals surface area contributed by atoms with E-state index in [-0.39, 0.29) is 0 Å². The summed E-state index contributed by atoms with van der Waals surface area (Å²) in [7, 11) is 0. The molecule has 0 aromatic heterocycles. The normalized spacial score (nSPS) is 19.2. The molecular weight excluding hydrogens is 138 g/mol. The van der Waals surface area contributed by atoms with E-state index in [4.69, 9.17) is 0 Å². The van der Waals surface area contributed by atoms with Crippen LogP contribution in [0.4, 0.5) is 8.78 Å². The molecule has 0 saturated heterocycles. The third-order valence-corrected chi connectivity index (χ3v) is 2.01. The molecule has 0 rings (SSSR count). The zero-order chi connectivity index (χ0) is 8.58. The van der Waals surface area contributed by atoms with Gasteiger partial charge in [-0.3, -0.25) is 0 Å². The van der Waals surface area contributed by atoms with Gasteiger partial charge < -0.3 is 5.11 Å². The smallest absolute Gasteiger partial charge is 0.273 e. The van der Waals surface area contributed by atoms with Gasteiger partial charge in [0.05, 0.1) is 0 Å². The van der Waals surface area contributed by atoms with Gasteiger partial charge in [-0.2, -0.15) is 0 Å². The third kappa shape index (κ3) is 1.66. The maximum atomic E-state index is 12.5.